The molecule has 0 heterocycles. The van der Waals surface area contributed by atoms with Crippen molar-refractivity contribution in [2.75, 3.05) is 0 Å². The van der Waals surface area contributed by atoms with Crippen molar-refractivity contribution in [1.29, 1.82) is 0 Å². The van der Waals surface area contributed by atoms with Crippen LogP contribution in [0.5, 0.6) is 0 Å². The number of carbonyl (C=O) groups is 1. The summed E-state index contributed by atoms with van der Waals surface area (Å²) in [6.07, 6.45) is 0.930. The Morgan fingerprint density at radius 1 is 1.43 bits per heavy atom. The zero-order valence-electron chi connectivity index (χ0n) is 6.87. The van der Waals surface area contributed by atoms with Gasteiger partial charge in [0.1, 0.15) is 0 Å². The Kier molecular flexibility index (Phi) is 3.73. The summed E-state index contributed by atoms with van der Waals surface area (Å²) >= 11 is 11.4. The second-order valence-corrected chi connectivity index (χ2v) is 3.17. The highest BCUT2D eigenvalue weighted by atomic mass is 35.5. The number of hydrazone groups is 1. The third kappa shape index (κ3) is 2.61. The van der Waals surface area contributed by atoms with Crippen molar-refractivity contribution < 1.29 is 10.0 Å². The fourth-order valence-electron chi connectivity index (χ4n) is 0.811. The molecule has 0 saturated carbocycles. The predicted octanol–water partition coefficient (Wildman–Crippen LogP) is 1.26. The van der Waals surface area contributed by atoms with Crippen molar-refractivity contribution in [3.8, 4) is 0 Å². The molecule has 4 nitrogen and oxygen atoms in total. The fourth-order valence-corrected chi connectivity index (χ4v) is 1.11. The maximum Gasteiger partial charge on any atom is 0.187 e. The summed E-state index contributed by atoms with van der Waals surface area (Å²) in [6, 6.07) is 4.45. The van der Waals surface area contributed by atoms with Crippen LogP contribution in [-0.4, -0.2) is 12.0 Å². The van der Waals surface area contributed by atoms with E-state index in [1.165, 1.54) is 23.4 Å². The predicted molar refractivity (Wildman–Crippen MR) is 53.6 cm³/mol. The summed E-state index contributed by atoms with van der Waals surface area (Å²) < 4.78 is 0. The molecule has 0 aliphatic heterocycles. The molecule has 1 aromatic rings. The van der Waals surface area contributed by atoms with Crippen molar-refractivity contribution in [2.24, 2.45) is 5.10 Å². The lowest BCUT2D eigenvalue weighted by molar-refractivity contribution is -0.485. The zero-order valence-corrected chi connectivity index (χ0v) is 8.38. The molecule has 1 rings (SSSR count). The summed E-state index contributed by atoms with van der Waals surface area (Å²) in [5.74, 6) is -0.384. The maximum absolute atomic E-state index is 11.3. The Morgan fingerprint density at radius 3 is 2.71 bits per heavy atom. The quantitative estimate of drug-likeness (QED) is 0.361. The van der Waals surface area contributed by atoms with Crippen LogP contribution in [0.4, 0.5) is 0 Å². The summed E-state index contributed by atoms with van der Waals surface area (Å²) in [4.78, 5) is 11.3. The van der Waals surface area contributed by atoms with Crippen LogP contribution >= 0.6 is 23.2 Å². The first-order chi connectivity index (χ1) is 6.65. The summed E-state index contributed by atoms with van der Waals surface area (Å²) in [6.45, 7) is 0. The number of hydrogen-bond donors (Lipinski definition) is 1. The first-order valence-corrected chi connectivity index (χ1v) is 4.32. The van der Waals surface area contributed by atoms with E-state index in [2.05, 4.69) is 5.10 Å². The molecular formula is C8H5Cl2N3O. The smallest absolute Gasteiger partial charge is 0.187 e. The fraction of sp³-hybridized carbons (Fsp3) is 0. The van der Waals surface area contributed by atoms with Crippen molar-refractivity contribution in [3.63, 3.8) is 0 Å². The van der Waals surface area contributed by atoms with Crippen LogP contribution in [0.1, 0.15) is 10.4 Å². The SMILES string of the molecule is [N-]=[NH+]N=CC(=O)c1ccc(Cl)c(Cl)c1. The highest BCUT2D eigenvalue weighted by molar-refractivity contribution is 6.43. The van der Waals surface area contributed by atoms with Gasteiger partial charge in [-0.3, -0.25) is 4.79 Å². The lowest BCUT2D eigenvalue weighted by atomic mass is 10.1. The van der Waals surface area contributed by atoms with Gasteiger partial charge in [0.15, 0.2) is 5.78 Å². The molecule has 0 aliphatic carbocycles. The molecule has 0 unspecified atom stereocenters. The molecule has 1 N–H and O–H groups in total. The van der Waals surface area contributed by atoms with Crippen LogP contribution in [0.25, 0.3) is 5.53 Å². The topological polar surface area (TPSA) is 65.7 Å². The number of nitrogens with zero attached hydrogens (tertiary/aromatic N) is 2. The molecule has 72 valence electrons. The Bertz CT molecular complexity index is 404. The molecular weight excluding hydrogens is 225 g/mol. The van der Waals surface area contributed by atoms with Crippen molar-refractivity contribution >= 4 is 35.2 Å². The van der Waals surface area contributed by atoms with Gasteiger partial charge in [-0.05, 0) is 18.2 Å². The highest BCUT2D eigenvalue weighted by Gasteiger charge is 2.04. The van der Waals surface area contributed by atoms with E-state index >= 15 is 0 Å². The minimum absolute atomic E-state index is 0.294. The van der Waals surface area contributed by atoms with Gasteiger partial charge in [0, 0.05) is 11.8 Å². The standard InChI is InChI=1S/C8H5Cl2N3O/c9-6-2-1-5(3-7(6)10)8(14)4-12-13-11/h1-4,13H. The monoisotopic (exact) mass is 229 g/mol. The molecule has 0 radical (unpaired) electrons. The van der Waals surface area contributed by atoms with E-state index in [1.54, 1.807) is 0 Å². The normalized spacial score (nSPS) is 10.4. The first-order valence-electron chi connectivity index (χ1n) is 3.56. The molecule has 0 aromatic heterocycles. The third-order valence-corrected chi connectivity index (χ3v) is 2.18. The van der Waals surface area contributed by atoms with Crippen molar-refractivity contribution in [1.82, 2.24) is 0 Å². The Balaban J connectivity index is 2.97. The van der Waals surface area contributed by atoms with Gasteiger partial charge in [0.2, 0.25) is 0 Å². The van der Waals surface area contributed by atoms with Crippen molar-refractivity contribution in [2.45, 2.75) is 0 Å². The number of hydrogen-bond acceptors (Lipinski definition) is 1. The van der Waals surface area contributed by atoms with E-state index in [-0.39, 0.29) is 5.78 Å². The first kappa shape index (κ1) is 10.8. The van der Waals surface area contributed by atoms with Crippen LogP contribution < -0.4 is 5.22 Å². The molecule has 0 atom stereocenters. The average molecular weight is 230 g/mol. The zero-order chi connectivity index (χ0) is 10.6. The van der Waals surface area contributed by atoms with Crippen LogP contribution in [0.3, 0.4) is 0 Å². The highest BCUT2D eigenvalue weighted by Crippen LogP contribution is 2.22. The van der Waals surface area contributed by atoms with E-state index < -0.39 is 0 Å². The molecule has 0 saturated heterocycles. The number of rotatable bonds is 3. The Morgan fingerprint density at radius 2 is 2.14 bits per heavy atom. The largest absolute Gasteiger partial charge is 0.289 e. The van der Waals surface area contributed by atoms with Crippen LogP contribution in [0.15, 0.2) is 23.3 Å². The molecule has 0 bridgehead atoms. The molecule has 0 spiro atoms. The molecule has 14 heavy (non-hydrogen) atoms. The number of Topliss-reactive ketones (excluding diaryl/α,β-unsaturated/α-hetero) is 1. The Hall–Kier alpha value is -1.26. The van der Waals surface area contributed by atoms with Gasteiger partial charge in [-0.2, -0.15) is 15.9 Å². The van der Waals surface area contributed by atoms with Crippen LogP contribution in [0.2, 0.25) is 10.0 Å². The molecule has 6 heteroatoms. The van der Waals surface area contributed by atoms with Gasteiger partial charge in [-0.25, -0.2) is 0 Å². The van der Waals surface area contributed by atoms with Gasteiger partial charge >= 0.3 is 0 Å². The van der Waals surface area contributed by atoms with E-state index in [4.69, 9.17) is 28.7 Å². The molecule has 0 fully saturated rings. The van der Waals surface area contributed by atoms with E-state index in [9.17, 15) is 4.79 Å². The maximum atomic E-state index is 11.3. The summed E-state index contributed by atoms with van der Waals surface area (Å²) in [5, 5.41) is 5.31. The van der Waals surface area contributed by atoms with Gasteiger partial charge in [0.05, 0.1) is 10.0 Å². The lowest BCUT2D eigenvalue weighted by Gasteiger charge is -1.98. The number of nitrogens with one attached hydrogen (secondary N) is 1. The van der Waals surface area contributed by atoms with Crippen molar-refractivity contribution in [3.05, 3.63) is 39.3 Å². The van der Waals surface area contributed by atoms with Crippen LogP contribution in [-0.2, 0) is 0 Å². The minimum Gasteiger partial charge on any atom is -0.289 e. The molecule has 0 aliphatic rings. The summed E-state index contributed by atoms with van der Waals surface area (Å²) in [5.41, 5.74) is 8.46. The minimum atomic E-state index is -0.384. The second kappa shape index (κ2) is 4.83. The van der Waals surface area contributed by atoms with Gasteiger partial charge in [0.25, 0.3) is 0 Å². The molecule has 0 amide bonds. The summed E-state index contributed by atoms with van der Waals surface area (Å²) in [7, 11) is 0. The Labute approximate surface area is 90.0 Å². The third-order valence-electron chi connectivity index (χ3n) is 1.44. The number of carbonyl (C=O) groups excluding carboxylic acids is 1. The van der Waals surface area contributed by atoms with E-state index in [1.807, 2.05) is 0 Å². The second-order valence-electron chi connectivity index (χ2n) is 2.35. The van der Waals surface area contributed by atoms with Gasteiger partial charge in [-0.15, -0.1) is 0 Å². The van der Waals surface area contributed by atoms with E-state index in [0.29, 0.717) is 15.6 Å². The van der Waals surface area contributed by atoms with Gasteiger partial charge in [-0.1, -0.05) is 23.2 Å². The van der Waals surface area contributed by atoms with Crippen LogP contribution in [0, 0.1) is 0 Å². The number of halogens is 2. The van der Waals surface area contributed by atoms with Gasteiger partial charge < -0.3 is 0 Å². The average Bonchev–Trinajstić information content (AvgIpc) is 2.18. The number of ketones is 1. The molecule has 1 aromatic carbocycles. The van der Waals surface area contributed by atoms with E-state index in [0.717, 1.165) is 6.21 Å². The lowest BCUT2D eigenvalue weighted by Crippen LogP contribution is -2.54. The number of benzene rings is 1.